The summed E-state index contributed by atoms with van der Waals surface area (Å²) in [4.78, 5) is 4.15. The summed E-state index contributed by atoms with van der Waals surface area (Å²) in [6.45, 7) is 2.17. The fraction of sp³-hybridized carbons (Fsp3) is 0.308. The molecule has 2 rings (SSSR count). The van der Waals surface area contributed by atoms with Gasteiger partial charge in [0.15, 0.2) is 11.6 Å². The molecular weight excluding hydrogens is 221 g/mol. The van der Waals surface area contributed by atoms with Crippen LogP contribution in [0.2, 0.25) is 0 Å². The first-order valence-corrected chi connectivity index (χ1v) is 5.40. The Hall–Kier alpha value is -1.68. The summed E-state index contributed by atoms with van der Waals surface area (Å²) in [5.74, 6) is -0.172. The van der Waals surface area contributed by atoms with E-state index < -0.39 is 0 Å². The molecule has 0 N–H and O–H groups in total. The molecule has 4 heteroatoms. The number of benzene rings is 1. The van der Waals surface area contributed by atoms with Crippen molar-refractivity contribution in [3.8, 4) is 5.75 Å². The summed E-state index contributed by atoms with van der Waals surface area (Å²) in [7, 11) is 1.59. The smallest absolute Gasteiger partial charge is 0.165 e. The minimum absolute atomic E-state index is 0.0752. The van der Waals surface area contributed by atoms with Crippen LogP contribution in [0.4, 0.5) is 4.39 Å². The fourth-order valence-corrected chi connectivity index (χ4v) is 1.46. The molecule has 1 heterocycles. The SMILES string of the molecule is CO[C@@H](C)COc1cc2ncccc2cc1F. The van der Waals surface area contributed by atoms with Crippen LogP contribution in [0, 0.1) is 5.82 Å². The van der Waals surface area contributed by atoms with Crippen molar-refractivity contribution in [3.63, 3.8) is 0 Å². The monoisotopic (exact) mass is 235 g/mol. The van der Waals surface area contributed by atoms with E-state index in [1.165, 1.54) is 6.07 Å². The number of hydrogen-bond donors (Lipinski definition) is 0. The molecule has 1 aromatic carbocycles. The molecule has 1 atom stereocenters. The maximum absolute atomic E-state index is 13.7. The van der Waals surface area contributed by atoms with E-state index >= 15 is 0 Å². The number of methoxy groups -OCH3 is 1. The Morgan fingerprint density at radius 1 is 1.41 bits per heavy atom. The van der Waals surface area contributed by atoms with Gasteiger partial charge in [-0.05, 0) is 19.1 Å². The summed E-state index contributed by atoms with van der Waals surface area (Å²) < 4.78 is 24.1. The zero-order chi connectivity index (χ0) is 12.3. The Morgan fingerprint density at radius 2 is 2.24 bits per heavy atom. The second kappa shape index (κ2) is 5.10. The minimum Gasteiger partial charge on any atom is -0.488 e. The van der Waals surface area contributed by atoms with Crippen LogP contribution in [-0.2, 0) is 4.74 Å². The highest BCUT2D eigenvalue weighted by Gasteiger charge is 2.08. The molecule has 0 fully saturated rings. The van der Waals surface area contributed by atoms with E-state index in [1.54, 1.807) is 25.4 Å². The highest BCUT2D eigenvalue weighted by Crippen LogP contribution is 2.23. The van der Waals surface area contributed by atoms with Crippen molar-refractivity contribution in [3.05, 3.63) is 36.3 Å². The van der Waals surface area contributed by atoms with E-state index in [1.807, 2.05) is 13.0 Å². The molecule has 0 amide bonds. The van der Waals surface area contributed by atoms with Crippen LogP contribution in [0.15, 0.2) is 30.5 Å². The molecular formula is C13H14FNO2. The zero-order valence-corrected chi connectivity index (χ0v) is 9.81. The van der Waals surface area contributed by atoms with Crippen LogP contribution in [0.25, 0.3) is 10.9 Å². The molecule has 0 saturated heterocycles. The van der Waals surface area contributed by atoms with E-state index in [0.717, 1.165) is 5.39 Å². The van der Waals surface area contributed by atoms with Gasteiger partial charge in [-0.3, -0.25) is 4.98 Å². The molecule has 0 aliphatic carbocycles. The van der Waals surface area contributed by atoms with Crippen LogP contribution in [0.5, 0.6) is 5.75 Å². The molecule has 0 aliphatic heterocycles. The van der Waals surface area contributed by atoms with Gasteiger partial charge in [-0.25, -0.2) is 4.39 Å². The third-order valence-electron chi connectivity index (χ3n) is 2.53. The molecule has 0 spiro atoms. The number of pyridine rings is 1. The molecule has 0 bridgehead atoms. The molecule has 0 aliphatic rings. The number of rotatable bonds is 4. The molecule has 17 heavy (non-hydrogen) atoms. The Labute approximate surface area is 99.2 Å². The van der Waals surface area contributed by atoms with Gasteiger partial charge in [0.05, 0.1) is 11.6 Å². The first-order valence-electron chi connectivity index (χ1n) is 5.40. The quantitative estimate of drug-likeness (QED) is 0.816. The van der Waals surface area contributed by atoms with Crippen molar-refractivity contribution in [2.24, 2.45) is 0 Å². The summed E-state index contributed by atoms with van der Waals surface area (Å²) >= 11 is 0. The van der Waals surface area contributed by atoms with E-state index in [2.05, 4.69) is 4.98 Å². The normalized spacial score (nSPS) is 12.6. The van der Waals surface area contributed by atoms with E-state index in [9.17, 15) is 4.39 Å². The van der Waals surface area contributed by atoms with Gasteiger partial charge >= 0.3 is 0 Å². The van der Waals surface area contributed by atoms with Crippen molar-refractivity contribution >= 4 is 10.9 Å². The number of fused-ring (bicyclic) bond motifs is 1. The van der Waals surface area contributed by atoms with Gasteiger partial charge in [-0.15, -0.1) is 0 Å². The van der Waals surface area contributed by atoms with Crippen LogP contribution >= 0.6 is 0 Å². The minimum atomic E-state index is -0.381. The predicted molar refractivity (Wildman–Crippen MR) is 63.7 cm³/mol. The third kappa shape index (κ3) is 2.71. The van der Waals surface area contributed by atoms with Gasteiger partial charge < -0.3 is 9.47 Å². The van der Waals surface area contributed by atoms with Crippen LogP contribution in [0.3, 0.4) is 0 Å². The number of nitrogens with zero attached hydrogens (tertiary/aromatic N) is 1. The van der Waals surface area contributed by atoms with Gasteiger partial charge in [0.2, 0.25) is 0 Å². The average molecular weight is 235 g/mol. The van der Waals surface area contributed by atoms with Gasteiger partial charge in [0.25, 0.3) is 0 Å². The Morgan fingerprint density at radius 3 is 3.00 bits per heavy atom. The van der Waals surface area contributed by atoms with Gasteiger partial charge in [-0.2, -0.15) is 0 Å². The zero-order valence-electron chi connectivity index (χ0n) is 9.81. The summed E-state index contributed by atoms with van der Waals surface area (Å²) in [5.41, 5.74) is 0.717. The lowest BCUT2D eigenvalue weighted by Crippen LogP contribution is -2.16. The van der Waals surface area contributed by atoms with Crippen molar-refractivity contribution in [2.45, 2.75) is 13.0 Å². The van der Waals surface area contributed by atoms with Gasteiger partial charge in [0, 0.05) is 24.8 Å². The summed E-state index contributed by atoms with van der Waals surface area (Å²) in [6, 6.07) is 6.62. The average Bonchev–Trinajstić information content (AvgIpc) is 2.35. The maximum atomic E-state index is 13.7. The molecule has 3 nitrogen and oxygen atoms in total. The highest BCUT2D eigenvalue weighted by atomic mass is 19.1. The van der Waals surface area contributed by atoms with E-state index in [-0.39, 0.29) is 17.7 Å². The topological polar surface area (TPSA) is 31.4 Å². The number of aromatic nitrogens is 1. The first kappa shape index (κ1) is 11.8. The molecule has 0 saturated carbocycles. The van der Waals surface area contributed by atoms with Crippen LogP contribution < -0.4 is 4.74 Å². The standard InChI is InChI=1S/C13H14FNO2/c1-9(16-2)8-17-13-7-12-10(6-11(13)14)4-3-5-15-12/h3-7,9H,8H2,1-2H3/t9-/m0/s1. The maximum Gasteiger partial charge on any atom is 0.165 e. The molecule has 0 radical (unpaired) electrons. The van der Waals surface area contributed by atoms with Crippen LogP contribution in [0.1, 0.15) is 6.92 Å². The summed E-state index contributed by atoms with van der Waals surface area (Å²) in [5, 5.41) is 0.761. The third-order valence-corrected chi connectivity index (χ3v) is 2.53. The molecule has 2 aromatic rings. The highest BCUT2D eigenvalue weighted by molar-refractivity contribution is 5.79. The number of halogens is 1. The number of ether oxygens (including phenoxy) is 2. The Kier molecular flexibility index (Phi) is 3.54. The van der Waals surface area contributed by atoms with E-state index in [0.29, 0.717) is 12.1 Å². The van der Waals surface area contributed by atoms with Gasteiger partial charge in [-0.1, -0.05) is 6.07 Å². The predicted octanol–water partition coefficient (Wildman–Crippen LogP) is 2.79. The largest absolute Gasteiger partial charge is 0.488 e. The lowest BCUT2D eigenvalue weighted by atomic mass is 10.2. The van der Waals surface area contributed by atoms with Crippen molar-refractivity contribution in [2.75, 3.05) is 13.7 Å². The summed E-state index contributed by atoms with van der Waals surface area (Å²) in [6.07, 6.45) is 1.59. The number of hydrogen-bond acceptors (Lipinski definition) is 3. The van der Waals surface area contributed by atoms with Crippen molar-refractivity contribution in [1.82, 2.24) is 4.98 Å². The second-order valence-corrected chi connectivity index (χ2v) is 3.84. The first-order chi connectivity index (χ1) is 8.20. The van der Waals surface area contributed by atoms with Crippen molar-refractivity contribution < 1.29 is 13.9 Å². The molecule has 1 aromatic heterocycles. The second-order valence-electron chi connectivity index (χ2n) is 3.84. The van der Waals surface area contributed by atoms with Gasteiger partial charge in [0.1, 0.15) is 6.61 Å². The Balaban J connectivity index is 2.25. The molecule has 0 unspecified atom stereocenters. The lowest BCUT2D eigenvalue weighted by molar-refractivity contribution is 0.0702. The fourth-order valence-electron chi connectivity index (χ4n) is 1.46. The lowest BCUT2D eigenvalue weighted by Gasteiger charge is -2.12. The Bertz CT molecular complexity index is 516. The van der Waals surface area contributed by atoms with E-state index in [4.69, 9.17) is 9.47 Å². The molecule has 90 valence electrons. The van der Waals surface area contributed by atoms with Crippen molar-refractivity contribution in [1.29, 1.82) is 0 Å². The van der Waals surface area contributed by atoms with Crippen LogP contribution in [-0.4, -0.2) is 24.8 Å².